The van der Waals surface area contributed by atoms with Gasteiger partial charge in [-0.05, 0) is 26.4 Å². The zero-order valence-corrected chi connectivity index (χ0v) is 9.37. The minimum Gasteiger partial charge on any atom is -0.368 e. The highest BCUT2D eigenvalue weighted by atomic mass is 16.5. The summed E-state index contributed by atoms with van der Waals surface area (Å²) in [6.45, 7) is 4.25. The van der Waals surface area contributed by atoms with Crippen molar-refractivity contribution < 1.29 is 9.53 Å². The monoisotopic (exact) mass is 212 g/mol. The molecule has 0 amide bonds. The molecule has 2 unspecified atom stereocenters. The second kappa shape index (κ2) is 5.05. The molecule has 1 N–H and O–H groups in total. The standard InChI is InChI=1S/C11H20N2O2/c1-13-5-2-3-9(8-13)11(14)10-7-12-4-6-15-10/h9-10,12H,2-8H2,1H3. The summed E-state index contributed by atoms with van der Waals surface area (Å²) >= 11 is 0. The van der Waals surface area contributed by atoms with Gasteiger partial charge in [-0.25, -0.2) is 0 Å². The van der Waals surface area contributed by atoms with Gasteiger partial charge in [-0.15, -0.1) is 0 Å². The fraction of sp³-hybridized carbons (Fsp3) is 0.909. The Hall–Kier alpha value is -0.450. The molecule has 2 saturated heterocycles. The number of carbonyl (C=O) groups is 1. The van der Waals surface area contributed by atoms with Crippen LogP contribution in [0.3, 0.4) is 0 Å². The van der Waals surface area contributed by atoms with Crippen molar-refractivity contribution in [2.24, 2.45) is 5.92 Å². The summed E-state index contributed by atoms with van der Waals surface area (Å²) in [5.41, 5.74) is 0. The van der Waals surface area contributed by atoms with Crippen molar-refractivity contribution in [3.63, 3.8) is 0 Å². The topological polar surface area (TPSA) is 41.6 Å². The molecule has 2 aliphatic rings. The van der Waals surface area contributed by atoms with Crippen LogP contribution in [-0.2, 0) is 9.53 Å². The lowest BCUT2D eigenvalue weighted by molar-refractivity contribution is -0.137. The highest BCUT2D eigenvalue weighted by molar-refractivity contribution is 5.86. The fourth-order valence-corrected chi connectivity index (χ4v) is 2.41. The summed E-state index contributed by atoms with van der Waals surface area (Å²) < 4.78 is 5.50. The lowest BCUT2D eigenvalue weighted by Crippen LogP contribution is -2.48. The Labute approximate surface area is 91.0 Å². The summed E-state index contributed by atoms with van der Waals surface area (Å²) in [5, 5.41) is 3.21. The molecule has 0 aromatic carbocycles. The molecular formula is C11H20N2O2. The first-order valence-corrected chi connectivity index (χ1v) is 5.82. The van der Waals surface area contributed by atoms with Crippen molar-refractivity contribution in [3.8, 4) is 0 Å². The van der Waals surface area contributed by atoms with Crippen LogP contribution in [0.5, 0.6) is 0 Å². The van der Waals surface area contributed by atoms with Gasteiger partial charge in [0.05, 0.1) is 6.61 Å². The van der Waals surface area contributed by atoms with Gasteiger partial charge in [-0.1, -0.05) is 0 Å². The number of ketones is 1. The van der Waals surface area contributed by atoms with E-state index in [-0.39, 0.29) is 12.0 Å². The second-order valence-electron chi connectivity index (χ2n) is 4.57. The number of morpholine rings is 1. The van der Waals surface area contributed by atoms with Crippen molar-refractivity contribution in [3.05, 3.63) is 0 Å². The molecule has 15 heavy (non-hydrogen) atoms. The Morgan fingerprint density at radius 2 is 2.40 bits per heavy atom. The Morgan fingerprint density at radius 3 is 3.07 bits per heavy atom. The molecule has 2 fully saturated rings. The summed E-state index contributed by atoms with van der Waals surface area (Å²) in [6.07, 6.45) is 1.96. The molecule has 0 spiro atoms. The van der Waals surface area contributed by atoms with E-state index in [0.29, 0.717) is 18.9 Å². The number of ether oxygens (including phenoxy) is 1. The maximum atomic E-state index is 12.1. The minimum absolute atomic E-state index is 0.189. The van der Waals surface area contributed by atoms with Crippen LogP contribution < -0.4 is 5.32 Å². The SMILES string of the molecule is CN1CCCC(C(=O)C2CNCCO2)C1. The Kier molecular flexibility index (Phi) is 3.72. The van der Waals surface area contributed by atoms with Crippen molar-refractivity contribution in [1.82, 2.24) is 10.2 Å². The predicted octanol–water partition coefficient (Wildman–Crippen LogP) is -0.114. The van der Waals surface area contributed by atoms with Gasteiger partial charge in [0.15, 0.2) is 5.78 Å². The molecule has 2 rings (SSSR count). The maximum absolute atomic E-state index is 12.1. The van der Waals surface area contributed by atoms with Crippen molar-refractivity contribution >= 4 is 5.78 Å². The molecule has 4 heteroatoms. The summed E-state index contributed by atoms with van der Waals surface area (Å²) in [5.74, 6) is 0.488. The molecule has 86 valence electrons. The van der Waals surface area contributed by atoms with Crippen molar-refractivity contribution in [1.29, 1.82) is 0 Å². The number of rotatable bonds is 2. The number of hydrogen-bond acceptors (Lipinski definition) is 4. The van der Waals surface area contributed by atoms with Crippen LogP contribution in [0.1, 0.15) is 12.8 Å². The lowest BCUT2D eigenvalue weighted by Gasteiger charge is -2.32. The Morgan fingerprint density at radius 1 is 1.53 bits per heavy atom. The van der Waals surface area contributed by atoms with E-state index in [1.807, 2.05) is 0 Å². The van der Waals surface area contributed by atoms with Gasteiger partial charge in [0.1, 0.15) is 6.10 Å². The minimum atomic E-state index is -0.199. The van der Waals surface area contributed by atoms with Crippen LogP contribution in [0.25, 0.3) is 0 Å². The van der Waals surface area contributed by atoms with Crippen LogP contribution in [0.2, 0.25) is 0 Å². The summed E-state index contributed by atoms with van der Waals surface area (Å²) in [4.78, 5) is 14.3. The maximum Gasteiger partial charge on any atom is 0.167 e. The van der Waals surface area contributed by atoms with Gasteiger partial charge in [0.2, 0.25) is 0 Å². The second-order valence-corrected chi connectivity index (χ2v) is 4.57. The number of likely N-dealkylation sites (tertiary alicyclic amines) is 1. The Balaban J connectivity index is 1.88. The molecule has 0 aromatic rings. The van der Waals surface area contributed by atoms with Crippen LogP contribution >= 0.6 is 0 Å². The number of Topliss-reactive ketones (excluding diaryl/α,β-unsaturated/α-hetero) is 1. The van der Waals surface area contributed by atoms with Crippen LogP contribution in [0.15, 0.2) is 0 Å². The highest BCUT2D eigenvalue weighted by Gasteiger charge is 2.31. The first-order valence-electron chi connectivity index (χ1n) is 5.82. The third kappa shape index (κ3) is 2.77. The molecule has 2 atom stereocenters. The van der Waals surface area contributed by atoms with Crippen molar-refractivity contribution in [2.45, 2.75) is 18.9 Å². The number of nitrogens with one attached hydrogen (secondary N) is 1. The lowest BCUT2D eigenvalue weighted by atomic mass is 9.91. The Bertz CT molecular complexity index is 227. The van der Waals surface area contributed by atoms with E-state index in [4.69, 9.17) is 4.74 Å². The smallest absolute Gasteiger partial charge is 0.167 e. The van der Waals surface area contributed by atoms with E-state index in [1.165, 1.54) is 0 Å². The average molecular weight is 212 g/mol. The number of piperidine rings is 1. The normalized spacial score (nSPS) is 33.9. The summed E-state index contributed by atoms with van der Waals surface area (Å²) in [7, 11) is 2.08. The van der Waals surface area contributed by atoms with Crippen LogP contribution in [-0.4, -0.2) is 56.6 Å². The molecule has 0 aliphatic carbocycles. The zero-order valence-electron chi connectivity index (χ0n) is 9.37. The van der Waals surface area contributed by atoms with E-state index in [2.05, 4.69) is 17.3 Å². The molecule has 2 aliphatic heterocycles. The average Bonchev–Trinajstić information content (AvgIpc) is 2.29. The molecular weight excluding hydrogens is 192 g/mol. The third-order valence-corrected chi connectivity index (χ3v) is 3.27. The fourth-order valence-electron chi connectivity index (χ4n) is 2.41. The molecule has 0 saturated carbocycles. The molecule has 0 bridgehead atoms. The van der Waals surface area contributed by atoms with Gasteiger partial charge < -0.3 is 15.0 Å². The van der Waals surface area contributed by atoms with Crippen molar-refractivity contribution in [2.75, 3.05) is 39.8 Å². The predicted molar refractivity (Wildman–Crippen MR) is 57.8 cm³/mol. The van der Waals surface area contributed by atoms with Crippen LogP contribution in [0.4, 0.5) is 0 Å². The quantitative estimate of drug-likeness (QED) is 0.693. The van der Waals surface area contributed by atoms with Gasteiger partial charge in [0, 0.05) is 25.6 Å². The van der Waals surface area contributed by atoms with Gasteiger partial charge >= 0.3 is 0 Å². The summed E-state index contributed by atoms with van der Waals surface area (Å²) in [6, 6.07) is 0. The highest BCUT2D eigenvalue weighted by Crippen LogP contribution is 2.18. The van der Waals surface area contributed by atoms with E-state index in [0.717, 1.165) is 32.5 Å². The number of carbonyl (C=O) groups excluding carboxylic acids is 1. The van der Waals surface area contributed by atoms with E-state index in [9.17, 15) is 4.79 Å². The molecule has 0 radical (unpaired) electrons. The number of nitrogens with zero attached hydrogens (tertiary/aromatic N) is 1. The largest absolute Gasteiger partial charge is 0.368 e. The van der Waals surface area contributed by atoms with Gasteiger partial charge in [-0.3, -0.25) is 4.79 Å². The first-order chi connectivity index (χ1) is 7.27. The van der Waals surface area contributed by atoms with E-state index >= 15 is 0 Å². The molecule has 0 aromatic heterocycles. The van der Waals surface area contributed by atoms with Crippen LogP contribution in [0, 0.1) is 5.92 Å². The molecule has 4 nitrogen and oxygen atoms in total. The first kappa shape index (κ1) is 11.0. The molecule has 2 heterocycles. The van der Waals surface area contributed by atoms with E-state index in [1.54, 1.807) is 0 Å². The van der Waals surface area contributed by atoms with Gasteiger partial charge in [0.25, 0.3) is 0 Å². The van der Waals surface area contributed by atoms with Gasteiger partial charge in [-0.2, -0.15) is 0 Å². The van der Waals surface area contributed by atoms with E-state index < -0.39 is 0 Å². The third-order valence-electron chi connectivity index (χ3n) is 3.27. The zero-order chi connectivity index (χ0) is 10.7. The number of hydrogen-bond donors (Lipinski definition) is 1.